The molecule has 0 bridgehead atoms. The number of methoxy groups -OCH3 is 2. The van der Waals surface area contributed by atoms with Crippen LogP contribution in [-0.2, 0) is 9.53 Å². The molecule has 0 spiro atoms. The summed E-state index contributed by atoms with van der Waals surface area (Å²) in [6, 6.07) is 6.14. The Balaban J connectivity index is 2.68. The molecule has 1 aromatic carbocycles. The maximum Gasteiger partial charge on any atom is 0.251 e. The summed E-state index contributed by atoms with van der Waals surface area (Å²) in [5.74, 6) is 0.149. The predicted octanol–water partition coefficient (Wildman–Crippen LogP) is 1.21. The lowest BCUT2D eigenvalue weighted by atomic mass is 10.0. The molecule has 2 N–H and O–H groups in total. The van der Waals surface area contributed by atoms with Crippen LogP contribution in [0.1, 0.15) is 24.2 Å². The van der Waals surface area contributed by atoms with Crippen molar-refractivity contribution in [1.29, 1.82) is 0 Å². The SMILES string of the molecule is COCCNC(=O)[C@H](NC(=O)c1ccc(OC)cc1)C(C)C. The molecule has 0 saturated carbocycles. The highest BCUT2D eigenvalue weighted by Gasteiger charge is 2.24. The maximum absolute atomic E-state index is 12.2. The second-order valence-corrected chi connectivity index (χ2v) is 5.21. The van der Waals surface area contributed by atoms with Crippen LogP contribution in [0.15, 0.2) is 24.3 Å². The lowest BCUT2D eigenvalue weighted by molar-refractivity contribution is -0.124. The summed E-state index contributed by atoms with van der Waals surface area (Å²) in [5.41, 5.74) is 0.483. The number of carbonyl (C=O) groups excluding carboxylic acids is 2. The molecule has 2 amide bonds. The Morgan fingerprint density at radius 3 is 2.27 bits per heavy atom. The number of hydrogen-bond donors (Lipinski definition) is 2. The van der Waals surface area contributed by atoms with Crippen LogP contribution in [0.5, 0.6) is 5.75 Å². The molecular formula is C16H24N2O4. The molecule has 0 radical (unpaired) electrons. The van der Waals surface area contributed by atoms with Gasteiger partial charge < -0.3 is 20.1 Å². The molecule has 22 heavy (non-hydrogen) atoms. The van der Waals surface area contributed by atoms with E-state index in [1.54, 1.807) is 38.5 Å². The lowest BCUT2D eigenvalue weighted by Crippen LogP contribution is -2.50. The topological polar surface area (TPSA) is 76.7 Å². The number of carbonyl (C=O) groups is 2. The van der Waals surface area contributed by atoms with Gasteiger partial charge in [-0.25, -0.2) is 0 Å². The Hall–Kier alpha value is -2.08. The van der Waals surface area contributed by atoms with E-state index in [0.717, 1.165) is 0 Å². The summed E-state index contributed by atoms with van der Waals surface area (Å²) >= 11 is 0. The fourth-order valence-corrected chi connectivity index (χ4v) is 1.89. The molecular weight excluding hydrogens is 284 g/mol. The smallest absolute Gasteiger partial charge is 0.251 e. The molecule has 122 valence electrons. The van der Waals surface area contributed by atoms with Crippen molar-refractivity contribution in [3.63, 3.8) is 0 Å². The highest BCUT2D eigenvalue weighted by Crippen LogP contribution is 2.12. The summed E-state index contributed by atoms with van der Waals surface area (Å²) in [6.07, 6.45) is 0. The van der Waals surface area contributed by atoms with Crippen LogP contribution in [0.3, 0.4) is 0 Å². The van der Waals surface area contributed by atoms with Crippen LogP contribution in [0, 0.1) is 5.92 Å². The van der Waals surface area contributed by atoms with Gasteiger partial charge in [-0.2, -0.15) is 0 Å². The van der Waals surface area contributed by atoms with E-state index in [9.17, 15) is 9.59 Å². The Bertz CT molecular complexity index is 485. The largest absolute Gasteiger partial charge is 0.497 e. The van der Waals surface area contributed by atoms with Gasteiger partial charge in [0.05, 0.1) is 13.7 Å². The van der Waals surface area contributed by atoms with Crippen molar-refractivity contribution in [3.05, 3.63) is 29.8 Å². The van der Waals surface area contributed by atoms with Gasteiger partial charge in [0.15, 0.2) is 0 Å². The van der Waals surface area contributed by atoms with E-state index in [2.05, 4.69) is 10.6 Å². The zero-order valence-electron chi connectivity index (χ0n) is 13.5. The van der Waals surface area contributed by atoms with Crippen LogP contribution >= 0.6 is 0 Å². The molecule has 0 aliphatic heterocycles. The molecule has 6 nitrogen and oxygen atoms in total. The first kappa shape index (κ1) is 18.0. The quantitative estimate of drug-likeness (QED) is 0.708. The fourth-order valence-electron chi connectivity index (χ4n) is 1.89. The van der Waals surface area contributed by atoms with Gasteiger partial charge in [-0.1, -0.05) is 13.8 Å². The first-order chi connectivity index (χ1) is 10.5. The molecule has 0 aliphatic rings. The number of nitrogens with one attached hydrogen (secondary N) is 2. The lowest BCUT2D eigenvalue weighted by Gasteiger charge is -2.21. The zero-order chi connectivity index (χ0) is 16.5. The van der Waals surface area contributed by atoms with Crippen LogP contribution < -0.4 is 15.4 Å². The third-order valence-electron chi connectivity index (χ3n) is 3.19. The van der Waals surface area contributed by atoms with Crippen LogP contribution in [0.4, 0.5) is 0 Å². The number of hydrogen-bond acceptors (Lipinski definition) is 4. The first-order valence-corrected chi connectivity index (χ1v) is 7.21. The van der Waals surface area contributed by atoms with Crippen molar-refractivity contribution in [2.45, 2.75) is 19.9 Å². The van der Waals surface area contributed by atoms with E-state index >= 15 is 0 Å². The van der Waals surface area contributed by atoms with Gasteiger partial charge in [0.1, 0.15) is 11.8 Å². The zero-order valence-corrected chi connectivity index (χ0v) is 13.5. The Morgan fingerprint density at radius 2 is 1.77 bits per heavy atom. The molecule has 0 unspecified atom stereocenters. The number of amides is 2. The van der Waals surface area contributed by atoms with Crippen LogP contribution in [0.2, 0.25) is 0 Å². The highest BCUT2D eigenvalue weighted by atomic mass is 16.5. The first-order valence-electron chi connectivity index (χ1n) is 7.21. The Labute approximate surface area is 131 Å². The van der Waals surface area contributed by atoms with E-state index in [1.807, 2.05) is 13.8 Å². The molecule has 0 fully saturated rings. The molecule has 0 aromatic heterocycles. The van der Waals surface area contributed by atoms with Crippen molar-refractivity contribution in [2.24, 2.45) is 5.92 Å². The van der Waals surface area contributed by atoms with Crippen molar-refractivity contribution in [1.82, 2.24) is 10.6 Å². The van der Waals surface area contributed by atoms with Crippen molar-refractivity contribution >= 4 is 11.8 Å². The summed E-state index contributed by atoms with van der Waals surface area (Å²) < 4.78 is 9.94. The van der Waals surface area contributed by atoms with Gasteiger partial charge >= 0.3 is 0 Å². The van der Waals surface area contributed by atoms with Crippen molar-refractivity contribution in [3.8, 4) is 5.75 Å². The summed E-state index contributed by atoms with van der Waals surface area (Å²) in [5, 5.41) is 5.51. The molecule has 0 aliphatic carbocycles. The van der Waals surface area contributed by atoms with Crippen LogP contribution in [0.25, 0.3) is 0 Å². The van der Waals surface area contributed by atoms with Gasteiger partial charge in [-0.15, -0.1) is 0 Å². The Morgan fingerprint density at radius 1 is 1.14 bits per heavy atom. The maximum atomic E-state index is 12.2. The van der Waals surface area contributed by atoms with Gasteiger partial charge in [0.25, 0.3) is 5.91 Å². The monoisotopic (exact) mass is 308 g/mol. The van der Waals surface area contributed by atoms with Crippen molar-refractivity contribution in [2.75, 3.05) is 27.4 Å². The van der Waals surface area contributed by atoms with Crippen molar-refractivity contribution < 1.29 is 19.1 Å². The van der Waals surface area contributed by atoms with Gasteiger partial charge in [0, 0.05) is 19.2 Å². The minimum Gasteiger partial charge on any atom is -0.497 e. The average Bonchev–Trinajstić information content (AvgIpc) is 2.52. The highest BCUT2D eigenvalue weighted by molar-refractivity contribution is 5.97. The molecule has 0 saturated heterocycles. The number of benzene rings is 1. The van der Waals surface area contributed by atoms with Gasteiger partial charge in [-0.05, 0) is 30.2 Å². The molecule has 1 rings (SSSR count). The molecule has 1 aromatic rings. The van der Waals surface area contributed by atoms with E-state index < -0.39 is 6.04 Å². The van der Waals surface area contributed by atoms with E-state index in [0.29, 0.717) is 24.5 Å². The van der Waals surface area contributed by atoms with Crippen LogP contribution in [-0.4, -0.2) is 45.2 Å². The molecule has 0 heterocycles. The normalized spacial score (nSPS) is 11.9. The van der Waals surface area contributed by atoms with Gasteiger partial charge in [0.2, 0.25) is 5.91 Å². The second kappa shape index (κ2) is 9.04. The third-order valence-corrected chi connectivity index (χ3v) is 3.19. The number of rotatable bonds is 8. The second-order valence-electron chi connectivity index (χ2n) is 5.21. The molecule has 1 atom stereocenters. The van der Waals surface area contributed by atoms with E-state index in [-0.39, 0.29) is 17.7 Å². The predicted molar refractivity (Wildman–Crippen MR) is 84.0 cm³/mol. The summed E-state index contributed by atoms with van der Waals surface area (Å²) in [7, 11) is 3.13. The fraction of sp³-hybridized carbons (Fsp3) is 0.500. The summed E-state index contributed by atoms with van der Waals surface area (Å²) in [4.78, 5) is 24.4. The minimum atomic E-state index is -0.591. The van der Waals surface area contributed by atoms with E-state index in [4.69, 9.17) is 9.47 Å². The summed E-state index contributed by atoms with van der Waals surface area (Å²) in [6.45, 7) is 4.61. The third kappa shape index (κ3) is 5.37. The Kier molecular flexibility index (Phi) is 7.39. The van der Waals surface area contributed by atoms with E-state index in [1.165, 1.54) is 0 Å². The number of ether oxygens (including phenoxy) is 2. The standard InChI is InChI=1S/C16H24N2O4/c1-11(2)14(16(20)17-9-10-21-3)18-15(19)12-5-7-13(22-4)8-6-12/h5-8,11,14H,9-10H2,1-4H3,(H,17,20)(H,18,19)/t14-/m1/s1. The molecule has 6 heteroatoms. The van der Waals surface area contributed by atoms with Gasteiger partial charge in [-0.3, -0.25) is 9.59 Å². The average molecular weight is 308 g/mol. The minimum absolute atomic E-state index is 0.0234.